The molecule has 4 heteroatoms. The van der Waals surface area contributed by atoms with E-state index in [-0.39, 0.29) is 23.4 Å². The molecule has 1 aliphatic carbocycles. The summed E-state index contributed by atoms with van der Waals surface area (Å²) >= 11 is 0. The predicted octanol–water partition coefficient (Wildman–Crippen LogP) is 3.44. The van der Waals surface area contributed by atoms with Crippen molar-refractivity contribution in [3.8, 4) is 5.75 Å². The molecule has 24 heavy (non-hydrogen) atoms. The fourth-order valence-electron chi connectivity index (χ4n) is 4.88. The van der Waals surface area contributed by atoms with Gasteiger partial charge in [0.25, 0.3) is 0 Å². The van der Waals surface area contributed by atoms with E-state index in [1.165, 1.54) is 0 Å². The molecule has 3 aliphatic rings. The Morgan fingerprint density at radius 3 is 2.67 bits per heavy atom. The zero-order chi connectivity index (χ0) is 16.8. The molecule has 1 aromatic carbocycles. The lowest BCUT2D eigenvalue weighted by atomic mass is 9.66. The van der Waals surface area contributed by atoms with Crippen LogP contribution in [-0.2, 0) is 14.2 Å². The second-order valence-electron chi connectivity index (χ2n) is 7.89. The molecule has 0 N–H and O–H groups in total. The number of hydrogen-bond donors (Lipinski definition) is 0. The van der Waals surface area contributed by atoms with Gasteiger partial charge in [0.05, 0.1) is 31.0 Å². The summed E-state index contributed by atoms with van der Waals surface area (Å²) in [7, 11) is 1.82. The number of ether oxygens (including phenoxy) is 4. The van der Waals surface area contributed by atoms with E-state index in [2.05, 4.69) is 13.8 Å². The number of methoxy groups -OCH3 is 1. The van der Waals surface area contributed by atoms with E-state index in [9.17, 15) is 0 Å². The van der Waals surface area contributed by atoms with Crippen LogP contribution in [0.3, 0.4) is 0 Å². The molecule has 0 aromatic heterocycles. The maximum atomic E-state index is 6.18. The summed E-state index contributed by atoms with van der Waals surface area (Å²) in [6, 6.07) is 9.96. The monoisotopic (exact) mass is 332 g/mol. The third-order valence-electron chi connectivity index (χ3n) is 6.07. The van der Waals surface area contributed by atoms with Gasteiger partial charge in [-0.3, -0.25) is 0 Å². The number of hydrogen-bond acceptors (Lipinski definition) is 4. The van der Waals surface area contributed by atoms with Gasteiger partial charge in [0.2, 0.25) is 0 Å². The second-order valence-corrected chi connectivity index (χ2v) is 7.89. The van der Waals surface area contributed by atoms with Crippen molar-refractivity contribution >= 4 is 0 Å². The molecule has 6 atom stereocenters. The van der Waals surface area contributed by atoms with Gasteiger partial charge in [0, 0.05) is 19.4 Å². The van der Waals surface area contributed by atoms with Gasteiger partial charge in [-0.25, -0.2) is 0 Å². The molecule has 2 saturated heterocycles. The first-order valence-corrected chi connectivity index (χ1v) is 9.10. The van der Waals surface area contributed by atoms with Crippen molar-refractivity contribution < 1.29 is 18.9 Å². The standard InChI is InChI=1S/C20H28O4/c1-14-11-16(21-3)18(20(12-14)13-23-20)19(2)17(24-19)9-10-22-15-7-5-4-6-8-15/h4-8,14,16-18H,9-13H2,1-3H3/t14?,16-,17-,18?,19-,20+/m1/s1. The molecule has 0 amide bonds. The van der Waals surface area contributed by atoms with Crippen LogP contribution >= 0.6 is 0 Å². The minimum Gasteiger partial charge on any atom is -0.493 e. The first kappa shape index (κ1) is 16.4. The zero-order valence-corrected chi connectivity index (χ0v) is 14.9. The van der Waals surface area contributed by atoms with Crippen molar-refractivity contribution in [3.63, 3.8) is 0 Å². The van der Waals surface area contributed by atoms with Crippen LogP contribution in [0, 0.1) is 11.8 Å². The van der Waals surface area contributed by atoms with Gasteiger partial charge in [-0.1, -0.05) is 25.1 Å². The van der Waals surface area contributed by atoms with Crippen molar-refractivity contribution in [2.24, 2.45) is 11.8 Å². The third-order valence-corrected chi connectivity index (χ3v) is 6.07. The zero-order valence-electron chi connectivity index (χ0n) is 14.9. The Bertz CT molecular complexity index is 570. The van der Waals surface area contributed by atoms with E-state index in [1.807, 2.05) is 37.4 Å². The summed E-state index contributed by atoms with van der Waals surface area (Å²) in [6.07, 6.45) is 3.59. The van der Waals surface area contributed by atoms with Gasteiger partial charge >= 0.3 is 0 Å². The molecule has 2 unspecified atom stereocenters. The van der Waals surface area contributed by atoms with Gasteiger partial charge in [0.15, 0.2) is 0 Å². The molecule has 4 rings (SSSR count). The van der Waals surface area contributed by atoms with E-state index < -0.39 is 0 Å². The summed E-state index contributed by atoms with van der Waals surface area (Å²) in [5, 5.41) is 0. The highest BCUT2D eigenvalue weighted by molar-refractivity contribution is 5.21. The molecule has 132 valence electrons. The highest BCUT2D eigenvalue weighted by Gasteiger charge is 2.71. The number of benzene rings is 1. The summed E-state index contributed by atoms with van der Waals surface area (Å²) in [6.45, 7) is 6.07. The van der Waals surface area contributed by atoms with Crippen LogP contribution in [0.1, 0.15) is 33.1 Å². The summed E-state index contributed by atoms with van der Waals surface area (Å²) in [4.78, 5) is 0. The van der Waals surface area contributed by atoms with Crippen LogP contribution in [0.5, 0.6) is 5.75 Å². The van der Waals surface area contributed by atoms with Gasteiger partial charge < -0.3 is 18.9 Å². The number of epoxide rings is 2. The fourth-order valence-corrected chi connectivity index (χ4v) is 4.88. The van der Waals surface area contributed by atoms with Gasteiger partial charge in [-0.05, 0) is 37.8 Å². The Morgan fingerprint density at radius 1 is 1.25 bits per heavy atom. The Labute approximate surface area is 144 Å². The first-order chi connectivity index (χ1) is 11.6. The van der Waals surface area contributed by atoms with Crippen LogP contribution in [0.4, 0.5) is 0 Å². The van der Waals surface area contributed by atoms with Gasteiger partial charge in [-0.15, -0.1) is 0 Å². The summed E-state index contributed by atoms with van der Waals surface area (Å²) < 4.78 is 23.8. The fraction of sp³-hybridized carbons (Fsp3) is 0.700. The predicted molar refractivity (Wildman–Crippen MR) is 91.2 cm³/mol. The maximum absolute atomic E-state index is 6.18. The molecule has 1 spiro atoms. The molecule has 0 radical (unpaired) electrons. The average Bonchev–Trinajstić information content (AvgIpc) is 3.47. The lowest BCUT2D eigenvalue weighted by Gasteiger charge is -2.41. The molecule has 2 heterocycles. The lowest BCUT2D eigenvalue weighted by molar-refractivity contribution is -0.0639. The van der Waals surface area contributed by atoms with Crippen LogP contribution in [-0.4, -0.2) is 43.7 Å². The lowest BCUT2D eigenvalue weighted by Crippen LogP contribution is -2.50. The average molecular weight is 332 g/mol. The van der Waals surface area contributed by atoms with Crippen molar-refractivity contribution in [3.05, 3.63) is 30.3 Å². The Kier molecular flexibility index (Phi) is 4.10. The molecule has 4 nitrogen and oxygen atoms in total. The molecule has 1 aromatic rings. The topological polar surface area (TPSA) is 43.5 Å². The second kappa shape index (κ2) is 6.01. The van der Waals surface area contributed by atoms with E-state index in [1.54, 1.807) is 0 Å². The highest BCUT2D eigenvalue weighted by Crippen LogP contribution is 2.60. The first-order valence-electron chi connectivity index (χ1n) is 9.10. The summed E-state index contributed by atoms with van der Waals surface area (Å²) in [5.74, 6) is 1.90. The van der Waals surface area contributed by atoms with Crippen molar-refractivity contribution in [2.75, 3.05) is 20.3 Å². The third kappa shape index (κ3) is 2.85. The van der Waals surface area contributed by atoms with E-state index in [0.29, 0.717) is 18.4 Å². The molecule has 3 fully saturated rings. The molecule has 2 aliphatic heterocycles. The Morgan fingerprint density at radius 2 is 2.00 bits per heavy atom. The summed E-state index contributed by atoms with van der Waals surface area (Å²) in [5.41, 5.74) is -0.153. The molecular formula is C20H28O4. The van der Waals surface area contributed by atoms with Crippen LogP contribution in [0.25, 0.3) is 0 Å². The quantitative estimate of drug-likeness (QED) is 0.749. The van der Waals surface area contributed by atoms with E-state index in [0.717, 1.165) is 31.6 Å². The minimum absolute atomic E-state index is 0.0118. The highest BCUT2D eigenvalue weighted by atomic mass is 16.6. The number of para-hydroxylation sites is 1. The van der Waals surface area contributed by atoms with Crippen molar-refractivity contribution in [1.82, 2.24) is 0 Å². The molecule has 1 saturated carbocycles. The van der Waals surface area contributed by atoms with Crippen LogP contribution < -0.4 is 4.74 Å². The normalized spacial score (nSPS) is 43.6. The van der Waals surface area contributed by atoms with Crippen molar-refractivity contribution in [2.45, 2.75) is 56.5 Å². The van der Waals surface area contributed by atoms with Gasteiger partial charge in [-0.2, -0.15) is 0 Å². The largest absolute Gasteiger partial charge is 0.493 e. The smallest absolute Gasteiger partial charge is 0.119 e. The van der Waals surface area contributed by atoms with E-state index >= 15 is 0 Å². The number of rotatable bonds is 6. The Hall–Kier alpha value is -1.10. The van der Waals surface area contributed by atoms with Gasteiger partial charge in [0.1, 0.15) is 11.4 Å². The SMILES string of the molecule is CO[C@@H]1CC(C)C[C@]2(CO2)C1[C@]1(C)O[C@@H]1CCOc1ccccc1. The van der Waals surface area contributed by atoms with E-state index in [4.69, 9.17) is 18.9 Å². The maximum Gasteiger partial charge on any atom is 0.119 e. The molecule has 0 bridgehead atoms. The van der Waals surface area contributed by atoms with Crippen LogP contribution in [0.15, 0.2) is 30.3 Å². The molecular weight excluding hydrogens is 304 g/mol. The minimum atomic E-state index is -0.142. The van der Waals surface area contributed by atoms with Crippen LogP contribution in [0.2, 0.25) is 0 Å². The van der Waals surface area contributed by atoms with Crippen molar-refractivity contribution in [1.29, 1.82) is 0 Å². The Balaban J connectivity index is 1.37.